The number of unbranched alkanes of at least 4 members (excludes halogenated alkanes) is 1. The highest BCUT2D eigenvalue weighted by Crippen LogP contribution is 2.34. The van der Waals surface area contributed by atoms with Crippen molar-refractivity contribution in [2.45, 2.75) is 80.0 Å². The van der Waals surface area contributed by atoms with Crippen LogP contribution in [0.15, 0.2) is 12.7 Å². The van der Waals surface area contributed by atoms with Gasteiger partial charge in [-0.15, -0.1) is 0 Å². The van der Waals surface area contributed by atoms with Gasteiger partial charge in [-0.25, -0.2) is 24.5 Å². The van der Waals surface area contributed by atoms with Crippen molar-refractivity contribution in [3.8, 4) is 0 Å². The van der Waals surface area contributed by atoms with Crippen LogP contribution in [0.1, 0.15) is 38.3 Å². The number of nitrogens with zero attached hydrogens (tertiary/aromatic N) is 4. The Morgan fingerprint density at radius 3 is 2.88 bits per heavy atom. The van der Waals surface area contributed by atoms with Gasteiger partial charge in [-0.1, -0.05) is 6.42 Å². The van der Waals surface area contributed by atoms with Crippen LogP contribution in [-0.4, -0.2) is 112 Å². The monoisotopic (exact) mass is 610 g/mol. The van der Waals surface area contributed by atoms with Crippen LogP contribution in [0.3, 0.4) is 0 Å². The molecule has 0 aliphatic carbocycles. The first-order valence-corrected chi connectivity index (χ1v) is 15.7. The van der Waals surface area contributed by atoms with E-state index in [0.717, 1.165) is 18.6 Å². The number of rotatable bonds is 13. The molecule has 224 valence electrons. The third kappa shape index (κ3) is 6.63. The number of nitrogens with two attached hydrogens (primary N) is 1. The fourth-order valence-corrected chi connectivity index (χ4v) is 7.97. The van der Waals surface area contributed by atoms with E-state index in [1.165, 1.54) is 29.0 Å². The van der Waals surface area contributed by atoms with E-state index >= 15 is 0 Å². The molecule has 3 amide bonds. The molecule has 0 bridgehead atoms. The molecule has 15 nitrogen and oxygen atoms in total. The average molecular weight is 611 g/mol. The lowest BCUT2D eigenvalue weighted by Gasteiger charge is -2.17. The molecular formula is C24H34N8O7S2. The van der Waals surface area contributed by atoms with Gasteiger partial charge in [-0.3, -0.25) is 9.36 Å². The fraction of sp³-hybridized carbons (Fsp3) is 0.667. The van der Waals surface area contributed by atoms with Crippen LogP contribution in [-0.2, 0) is 14.3 Å². The number of fused-ring (bicyclic) bond motifs is 2. The minimum Gasteiger partial charge on any atom is -0.480 e. The molecule has 8 N–H and O–H groups in total. The van der Waals surface area contributed by atoms with Gasteiger partial charge in [0.15, 0.2) is 17.7 Å². The van der Waals surface area contributed by atoms with Crippen molar-refractivity contribution in [3.63, 3.8) is 0 Å². The molecule has 2 aromatic heterocycles. The Bertz CT molecular complexity index is 1270. The van der Waals surface area contributed by atoms with Crippen molar-refractivity contribution in [1.29, 1.82) is 0 Å². The average Bonchev–Trinajstić information content (AvgIpc) is 3.69. The summed E-state index contributed by atoms with van der Waals surface area (Å²) in [5.41, 5.74) is 6.55. The van der Waals surface area contributed by atoms with Gasteiger partial charge in [-0.2, -0.15) is 23.5 Å². The quantitative estimate of drug-likeness (QED) is 0.112. The Hall–Kier alpha value is -2.86. The zero-order valence-electron chi connectivity index (χ0n) is 22.1. The van der Waals surface area contributed by atoms with E-state index in [-0.39, 0.29) is 42.7 Å². The number of hydrogen-bond acceptors (Lipinski definition) is 12. The van der Waals surface area contributed by atoms with Gasteiger partial charge >= 0.3 is 12.0 Å². The summed E-state index contributed by atoms with van der Waals surface area (Å²) in [7, 11) is 0. The lowest BCUT2D eigenvalue weighted by atomic mass is 10.0. The number of ether oxygens (including phenoxy) is 1. The number of hydrogen-bond donors (Lipinski definition) is 7. The van der Waals surface area contributed by atoms with Crippen molar-refractivity contribution in [2.75, 3.05) is 23.0 Å². The molecule has 2 aromatic rings. The number of aromatic nitrogens is 4. The van der Waals surface area contributed by atoms with Gasteiger partial charge in [0.25, 0.3) is 0 Å². The maximum Gasteiger partial charge on any atom is 0.326 e. The smallest absolute Gasteiger partial charge is 0.326 e. The number of carbonyl (C=O) groups is 3. The summed E-state index contributed by atoms with van der Waals surface area (Å²) in [6, 6.07) is -0.867. The van der Waals surface area contributed by atoms with Gasteiger partial charge in [0, 0.05) is 23.2 Å². The molecular weight excluding hydrogens is 576 g/mol. The molecule has 0 radical (unpaired) electrons. The second-order valence-electron chi connectivity index (χ2n) is 10.3. The Kier molecular flexibility index (Phi) is 9.38. The number of nitrogen functional groups attached to an aromatic ring is 1. The van der Waals surface area contributed by atoms with Gasteiger partial charge in [0.1, 0.15) is 30.1 Å². The highest BCUT2D eigenvalue weighted by atomic mass is 32.2. The first-order valence-electron chi connectivity index (χ1n) is 13.5. The molecule has 0 spiro atoms. The number of aliphatic hydroxyl groups is 2. The number of carbonyl (C=O) groups excluding carboxylic acids is 2. The highest BCUT2D eigenvalue weighted by molar-refractivity contribution is 8.00. The van der Waals surface area contributed by atoms with E-state index in [4.69, 9.17) is 10.5 Å². The Morgan fingerprint density at radius 1 is 1.24 bits per heavy atom. The molecule has 0 saturated carbocycles. The van der Waals surface area contributed by atoms with Crippen LogP contribution >= 0.6 is 23.5 Å². The Morgan fingerprint density at radius 2 is 2.07 bits per heavy atom. The van der Waals surface area contributed by atoms with E-state index in [0.29, 0.717) is 34.3 Å². The standard InChI is InChI=1S/C24H34N8O7S2/c25-20-17-21(27-9-26-20)32(10-28-17)22-19(35)18(34)13(39-22)8-40-6-5-11(23(36)37)29-15(33)4-2-1-3-14-16-12(7-41-14)30-24(38)31-16/h9-14,16,18-19,22,34-35H,1-8H2,(H,29,33)(H,36,37)(H2,25,26,27)(H2,30,31,38)/t11-,12+,13+,14+,16+,18+,19+,22+/m0/s1. The summed E-state index contributed by atoms with van der Waals surface area (Å²) in [6.07, 6.45) is 1.39. The normalized spacial score (nSPS) is 29.7. The van der Waals surface area contributed by atoms with Gasteiger partial charge < -0.3 is 41.7 Å². The highest BCUT2D eigenvalue weighted by Gasteiger charge is 2.44. The summed E-state index contributed by atoms with van der Waals surface area (Å²) < 4.78 is 7.40. The number of carboxylic acid groups (broad SMARTS) is 1. The summed E-state index contributed by atoms with van der Waals surface area (Å²) in [4.78, 5) is 47.8. The van der Waals surface area contributed by atoms with E-state index in [9.17, 15) is 29.7 Å². The molecule has 5 heterocycles. The maximum absolute atomic E-state index is 12.4. The van der Waals surface area contributed by atoms with E-state index < -0.39 is 36.6 Å². The molecule has 3 fully saturated rings. The fourth-order valence-electron chi connectivity index (χ4n) is 5.35. The Balaban J connectivity index is 1.02. The lowest BCUT2D eigenvalue weighted by Crippen LogP contribution is -2.41. The molecule has 0 aromatic carbocycles. The molecule has 3 saturated heterocycles. The zero-order valence-corrected chi connectivity index (χ0v) is 23.7. The molecule has 0 unspecified atom stereocenters. The van der Waals surface area contributed by atoms with E-state index in [1.54, 1.807) is 0 Å². The number of aliphatic carboxylic acids is 1. The van der Waals surface area contributed by atoms with E-state index in [1.807, 2.05) is 11.8 Å². The number of thioether (sulfide) groups is 2. The van der Waals surface area contributed by atoms with Crippen LogP contribution in [0, 0.1) is 0 Å². The lowest BCUT2D eigenvalue weighted by molar-refractivity contribution is -0.141. The third-order valence-corrected chi connectivity index (χ3v) is 10.1. The molecule has 3 aliphatic rings. The molecule has 3 aliphatic heterocycles. The summed E-state index contributed by atoms with van der Waals surface area (Å²) in [6.45, 7) is 0. The van der Waals surface area contributed by atoms with Crippen LogP contribution in [0.4, 0.5) is 10.6 Å². The van der Waals surface area contributed by atoms with Gasteiger partial charge in [0.05, 0.1) is 24.5 Å². The summed E-state index contributed by atoms with van der Waals surface area (Å²) >= 11 is 3.18. The van der Waals surface area contributed by atoms with Crippen LogP contribution in [0.25, 0.3) is 11.2 Å². The van der Waals surface area contributed by atoms with Crippen LogP contribution in [0.2, 0.25) is 0 Å². The zero-order chi connectivity index (χ0) is 29.1. The maximum atomic E-state index is 12.4. The second-order valence-corrected chi connectivity index (χ2v) is 12.7. The minimum absolute atomic E-state index is 0.124. The SMILES string of the molecule is Nc1ncnc2c1ncn2[C@@H]1O[C@H](CSCC[C@H](NC(=O)CCCC[C@H]2SC[C@H]3NC(=O)N[C@H]32)C(=O)O)[C@@H](O)[C@H]1O. The number of nitrogens with one attached hydrogen (secondary N) is 3. The van der Waals surface area contributed by atoms with E-state index in [2.05, 4.69) is 30.9 Å². The number of amides is 3. The Labute approximate surface area is 243 Å². The summed E-state index contributed by atoms with van der Waals surface area (Å²) in [5.74, 6) is 0.338. The number of aliphatic hydroxyl groups excluding tert-OH is 2. The third-order valence-electron chi connectivity index (χ3n) is 7.55. The van der Waals surface area contributed by atoms with Crippen molar-refractivity contribution in [2.24, 2.45) is 0 Å². The topological polar surface area (TPSA) is 227 Å². The van der Waals surface area contributed by atoms with Gasteiger partial charge in [0.2, 0.25) is 5.91 Å². The molecule has 5 rings (SSSR count). The molecule has 17 heteroatoms. The van der Waals surface area contributed by atoms with Crippen molar-refractivity contribution >= 4 is 58.4 Å². The molecule has 41 heavy (non-hydrogen) atoms. The summed E-state index contributed by atoms with van der Waals surface area (Å²) in [5, 5.41) is 39.5. The predicted molar refractivity (Wildman–Crippen MR) is 151 cm³/mol. The second kappa shape index (κ2) is 13.0. The number of imidazole rings is 1. The number of carboxylic acids is 1. The number of urea groups is 1. The van der Waals surface area contributed by atoms with Gasteiger partial charge in [-0.05, 0) is 25.0 Å². The van der Waals surface area contributed by atoms with Crippen molar-refractivity contribution in [1.82, 2.24) is 35.5 Å². The first-order chi connectivity index (χ1) is 19.7. The molecule has 8 atom stereocenters. The largest absolute Gasteiger partial charge is 0.480 e. The van der Waals surface area contributed by atoms with Crippen LogP contribution < -0.4 is 21.7 Å². The van der Waals surface area contributed by atoms with Crippen LogP contribution in [0.5, 0.6) is 0 Å². The first kappa shape index (κ1) is 29.6. The van der Waals surface area contributed by atoms with Crippen molar-refractivity contribution < 1.29 is 34.4 Å². The minimum atomic E-state index is -1.23. The van der Waals surface area contributed by atoms with Crippen molar-refractivity contribution in [3.05, 3.63) is 12.7 Å². The number of anilines is 1. The predicted octanol–water partition coefficient (Wildman–Crippen LogP) is -0.554.